The third kappa shape index (κ3) is 5.15. The van der Waals surface area contributed by atoms with Crippen LogP contribution in [0.2, 0.25) is 10.0 Å². The van der Waals surface area contributed by atoms with Crippen LogP contribution in [0, 0.1) is 0 Å². The summed E-state index contributed by atoms with van der Waals surface area (Å²) in [6.07, 6.45) is 1.08. The van der Waals surface area contributed by atoms with Crippen molar-refractivity contribution in [2.45, 2.75) is 12.8 Å². The van der Waals surface area contributed by atoms with E-state index in [2.05, 4.69) is 20.9 Å². The molecule has 3 rings (SSSR count). The van der Waals surface area contributed by atoms with Crippen molar-refractivity contribution < 1.29 is 14.3 Å². The van der Waals surface area contributed by atoms with Crippen LogP contribution in [0.3, 0.4) is 0 Å². The smallest absolute Gasteiger partial charge is 0.264 e. The fourth-order valence-corrected chi connectivity index (χ4v) is 2.92. The van der Waals surface area contributed by atoms with Gasteiger partial charge < -0.3 is 15.4 Å². The van der Waals surface area contributed by atoms with Crippen LogP contribution in [-0.4, -0.2) is 31.4 Å². The number of rotatable bonds is 4. The molecular weight excluding hydrogens is 403 g/mol. The van der Waals surface area contributed by atoms with Gasteiger partial charge in [0.2, 0.25) is 11.9 Å². The van der Waals surface area contributed by atoms with Crippen molar-refractivity contribution in [2.24, 2.45) is 4.99 Å². The molecule has 0 saturated carbocycles. The molecular formula is C19H18Cl2N4O3. The minimum Gasteiger partial charge on any atom is -0.484 e. The maximum atomic E-state index is 12.2. The number of hydrogen-bond acceptors (Lipinski definition) is 4. The molecule has 3 N–H and O–H groups in total. The molecule has 0 unspecified atom stereocenters. The molecule has 0 spiro atoms. The summed E-state index contributed by atoms with van der Waals surface area (Å²) in [4.78, 5) is 27.6. The van der Waals surface area contributed by atoms with E-state index in [9.17, 15) is 9.59 Å². The van der Waals surface area contributed by atoms with Crippen molar-refractivity contribution in [3.8, 4) is 5.75 Å². The summed E-state index contributed by atoms with van der Waals surface area (Å²) in [5.74, 6) is 0.429. The van der Waals surface area contributed by atoms with E-state index in [1.807, 2.05) is 6.07 Å². The van der Waals surface area contributed by atoms with Crippen LogP contribution in [0.4, 0.5) is 11.4 Å². The van der Waals surface area contributed by atoms with E-state index in [4.69, 9.17) is 27.9 Å². The number of halogens is 2. The number of nitrogens with zero attached hydrogens (tertiary/aromatic N) is 1. The lowest BCUT2D eigenvalue weighted by Gasteiger charge is -2.17. The zero-order valence-electron chi connectivity index (χ0n) is 15.0. The van der Waals surface area contributed by atoms with Gasteiger partial charge in [-0.2, -0.15) is 0 Å². The van der Waals surface area contributed by atoms with E-state index in [0.29, 0.717) is 34.3 Å². The van der Waals surface area contributed by atoms with Crippen LogP contribution < -0.4 is 20.7 Å². The predicted octanol–water partition coefficient (Wildman–Crippen LogP) is 3.47. The Balaban J connectivity index is 1.54. The van der Waals surface area contributed by atoms with Crippen LogP contribution in [0.15, 0.2) is 41.4 Å². The molecule has 1 aliphatic rings. The van der Waals surface area contributed by atoms with E-state index in [1.165, 1.54) is 0 Å². The summed E-state index contributed by atoms with van der Waals surface area (Å²) < 4.78 is 5.55. The average molecular weight is 421 g/mol. The fourth-order valence-electron chi connectivity index (χ4n) is 2.62. The molecule has 2 amide bonds. The van der Waals surface area contributed by atoms with Crippen LogP contribution >= 0.6 is 23.2 Å². The maximum Gasteiger partial charge on any atom is 0.264 e. The Kier molecular flexibility index (Phi) is 6.38. The number of benzene rings is 2. The first-order valence-corrected chi connectivity index (χ1v) is 9.24. The average Bonchev–Trinajstić information content (AvgIpc) is 2.68. The van der Waals surface area contributed by atoms with Gasteiger partial charge in [-0.1, -0.05) is 23.2 Å². The molecule has 28 heavy (non-hydrogen) atoms. The molecule has 1 heterocycles. The Morgan fingerprint density at radius 2 is 2.00 bits per heavy atom. The Morgan fingerprint density at radius 1 is 1.18 bits per heavy atom. The highest BCUT2D eigenvalue weighted by Gasteiger charge is 2.15. The normalized spacial score (nSPS) is 13.4. The van der Waals surface area contributed by atoms with Gasteiger partial charge in [-0.15, -0.1) is 0 Å². The lowest BCUT2D eigenvalue weighted by Crippen LogP contribution is -2.38. The van der Waals surface area contributed by atoms with Crippen molar-refractivity contribution >= 4 is 52.4 Å². The van der Waals surface area contributed by atoms with E-state index in [0.717, 1.165) is 11.3 Å². The topological polar surface area (TPSA) is 91.8 Å². The number of carbonyl (C=O) groups is 2. The quantitative estimate of drug-likeness (QED) is 0.521. The van der Waals surface area contributed by atoms with Gasteiger partial charge in [0.25, 0.3) is 5.91 Å². The van der Waals surface area contributed by atoms with Crippen LogP contribution in [0.1, 0.15) is 12.0 Å². The first kappa shape index (κ1) is 20.0. The van der Waals surface area contributed by atoms with Crippen molar-refractivity contribution in [1.29, 1.82) is 0 Å². The van der Waals surface area contributed by atoms with Crippen LogP contribution in [0.25, 0.3) is 0 Å². The lowest BCUT2D eigenvalue weighted by molar-refractivity contribution is -0.121. The highest BCUT2D eigenvalue weighted by Crippen LogP contribution is 2.27. The molecule has 146 valence electrons. The van der Waals surface area contributed by atoms with Crippen LogP contribution in [-0.2, 0) is 16.0 Å². The molecule has 0 bridgehead atoms. The summed E-state index contributed by atoms with van der Waals surface area (Å²) in [7, 11) is 1.54. The standard InChI is InChI=1S/C19H18Cl2N4O3/c1-22-19(23-12-3-5-14(20)15(21)9-12)25-18(27)10-28-13-4-6-16-11(8-13)2-7-17(26)24-16/h3-6,8-9H,2,7,10H2,1H3,(H,24,26)(H2,22,23,25,27). The van der Waals surface area contributed by atoms with Gasteiger partial charge in [-0.05, 0) is 48.4 Å². The molecule has 9 heteroatoms. The number of aryl methyl sites for hydroxylation is 1. The first-order chi connectivity index (χ1) is 13.4. The zero-order valence-corrected chi connectivity index (χ0v) is 16.5. The SMILES string of the molecule is CN=C(NC(=O)COc1ccc2c(c1)CCC(=O)N2)Nc1ccc(Cl)c(Cl)c1. The highest BCUT2D eigenvalue weighted by molar-refractivity contribution is 6.42. The molecule has 0 radical (unpaired) electrons. The minimum absolute atomic E-state index is 0.00130. The lowest BCUT2D eigenvalue weighted by atomic mass is 10.0. The Labute approximate surface area is 172 Å². The van der Waals surface area contributed by atoms with Gasteiger partial charge in [0.1, 0.15) is 5.75 Å². The van der Waals surface area contributed by atoms with Crippen molar-refractivity contribution in [2.75, 3.05) is 24.3 Å². The van der Waals surface area contributed by atoms with Gasteiger partial charge >= 0.3 is 0 Å². The number of hydrogen-bond donors (Lipinski definition) is 3. The van der Waals surface area contributed by atoms with Gasteiger partial charge in [-0.3, -0.25) is 19.9 Å². The summed E-state index contributed by atoms with van der Waals surface area (Å²) in [6.45, 7) is -0.187. The van der Waals surface area contributed by atoms with Crippen molar-refractivity contribution in [3.05, 3.63) is 52.0 Å². The number of guanidine groups is 1. The molecule has 0 aliphatic carbocycles. The number of aliphatic imine (C=N–C) groups is 1. The Bertz CT molecular complexity index is 947. The number of anilines is 2. The molecule has 0 fully saturated rings. The van der Waals surface area contributed by atoms with E-state index in [1.54, 1.807) is 37.4 Å². The second-order valence-electron chi connectivity index (χ2n) is 6.03. The molecule has 1 aliphatic heterocycles. The highest BCUT2D eigenvalue weighted by atomic mass is 35.5. The number of ether oxygens (including phenoxy) is 1. The number of carbonyl (C=O) groups excluding carboxylic acids is 2. The van der Waals surface area contributed by atoms with Crippen molar-refractivity contribution in [3.63, 3.8) is 0 Å². The van der Waals surface area contributed by atoms with Gasteiger partial charge in [0, 0.05) is 24.8 Å². The summed E-state index contributed by atoms with van der Waals surface area (Å²) in [6, 6.07) is 10.3. The maximum absolute atomic E-state index is 12.2. The fraction of sp³-hybridized carbons (Fsp3) is 0.211. The molecule has 0 saturated heterocycles. The molecule has 0 atom stereocenters. The third-order valence-corrected chi connectivity index (χ3v) is 4.74. The van der Waals surface area contributed by atoms with E-state index in [-0.39, 0.29) is 24.4 Å². The first-order valence-electron chi connectivity index (χ1n) is 8.49. The molecule has 2 aromatic rings. The monoisotopic (exact) mass is 420 g/mol. The van der Waals surface area contributed by atoms with Crippen molar-refractivity contribution in [1.82, 2.24) is 5.32 Å². The van der Waals surface area contributed by atoms with E-state index < -0.39 is 0 Å². The Morgan fingerprint density at radius 3 is 2.75 bits per heavy atom. The molecule has 0 aromatic heterocycles. The second-order valence-corrected chi connectivity index (χ2v) is 6.84. The number of fused-ring (bicyclic) bond motifs is 1. The summed E-state index contributed by atoms with van der Waals surface area (Å²) in [5, 5.41) is 9.20. The van der Waals surface area contributed by atoms with Gasteiger partial charge in [0.15, 0.2) is 6.61 Å². The summed E-state index contributed by atoms with van der Waals surface area (Å²) in [5.41, 5.74) is 2.39. The molecule has 2 aromatic carbocycles. The molecule has 7 nitrogen and oxygen atoms in total. The van der Waals surface area contributed by atoms with Gasteiger partial charge in [0.05, 0.1) is 10.0 Å². The predicted molar refractivity (Wildman–Crippen MR) is 110 cm³/mol. The van der Waals surface area contributed by atoms with Crippen LogP contribution in [0.5, 0.6) is 5.75 Å². The summed E-state index contributed by atoms with van der Waals surface area (Å²) >= 11 is 11.9. The number of nitrogens with one attached hydrogen (secondary N) is 3. The van der Waals surface area contributed by atoms with E-state index >= 15 is 0 Å². The van der Waals surface area contributed by atoms with Gasteiger partial charge in [-0.25, -0.2) is 0 Å². The second kappa shape index (κ2) is 8.95. The minimum atomic E-state index is -0.376. The largest absolute Gasteiger partial charge is 0.484 e. The Hall–Kier alpha value is -2.77. The zero-order chi connectivity index (χ0) is 20.1. The number of amides is 2. The third-order valence-electron chi connectivity index (χ3n) is 4.01.